The molecule has 1 saturated heterocycles. The van der Waals surface area contributed by atoms with Crippen LogP contribution in [-0.4, -0.2) is 49.8 Å². The fourth-order valence-corrected chi connectivity index (χ4v) is 3.32. The van der Waals surface area contributed by atoms with Gasteiger partial charge in [-0.3, -0.25) is 4.99 Å². The van der Waals surface area contributed by atoms with Gasteiger partial charge >= 0.3 is 0 Å². The molecule has 0 aliphatic carbocycles. The zero-order valence-corrected chi connectivity index (χ0v) is 14.5. The van der Waals surface area contributed by atoms with E-state index in [1.165, 1.54) is 24.3 Å². The lowest BCUT2D eigenvalue weighted by Gasteiger charge is -2.29. The molecule has 2 unspecified atom stereocenters. The Kier molecular flexibility index (Phi) is 7.74. The summed E-state index contributed by atoms with van der Waals surface area (Å²) in [6.45, 7) is 10.2. The molecule has 0 radical (unpaired) electrons. The normalized spacial score (nSPS) is 22.4. The van der Waals surface area contributed by atoms with Gasteiger partial charge in [0, 0.05) is 25.4 Å². The largest absolute Gasteiger partial charge is 0.379 e. The SMILES string of the molecule is CCNC(=NCC(OC)C(C)(C)C)NC1CCCSC1. The summed E-state index contributed by atoms with van der Waals surface area (Å²) in [7, 11) is 1.77. The molecule has 0 aromatic heterocycles. The van der Waals surface area contributed by atoms with Crippen molar-refractivity contribution in [3.05, 3.63) is 0 Å². The van der Waals surface area contributed by atoms with E-state index in [0.29, 0.717) is 12.6 Å². The first-order valence-electron chi connectivity index (χ1n) is 7.62. The summed E-state index contributed by atoms with van der Waals surface area (Å²) in [6.07, 6.45) is 2.67. The van der Waals surface area contributed by atoms with Crippen molar-refractivity contribution in [3.8, 4) is 0 Å². The standard InChI is InChI=1S/C15H31N3OS/c1-6-16-14(18-12-8-7-9-20-11-12)17-10-13(19-5)15(2,3)4/h12-13H,6-11H2,1-5H3,(H2,16,17,18). The molecule has 4 nitrogen and oxygen atoms in total. The van der Waals surface area contributed by atoms with Crippen LogP contribution in [-0.2, 0) is 4.74 Å². The fraction of sp³-hybridized carbons (Fsp3) is 0.933. The zero-order valence-electron chi connectivity index (χ0n) is 13.7. The lowest BCUT2D eigenvalue weighted by Crippen LogP contribution is -2.46. The summed E-state index contributed by atoms with van der Waals surface area (Å²) in [5, 5.41) is 6.89. The molecular weight excluding hydrogens is 270 g/mol. The second-order valence-corrected chi connectivity index (χ2v) is 7.52. The molecule has 1 aliphatic rings. The van der Waals surface area contributed by atoms with Crippen molar-refractivity contribution in [2.75, 3.05) is 31.7 Å². The summed E-state index contributed by atoms with van der Waals surface area (Å²) < 4.78 is 5.57. The number of hydrogen-bond donors (Lipinski definition) is 2. The van der Waals surface area contributed by atoms with Crippen molar-refractivity contribution in [2.45, 2.75) is 52.7 Å². The molecular formula is C15H31N3OS. The Labute approximate surface area is 128 Å². The minimum Gasteiger partial charge on any atom is -0.379 e. The summed E-state index contributed by atoms with van der Waals surface area (Å²) in [5.41, 5.74) is 0.107. The molecule has 0 bridgehead atoms. The molecule has 0 amide bonds. The number of nitrogens with one attached hydrogen (secondary N) is 2. The van der Waals surface area contributed by atoms with Crippen molar-refractivity contribution in [3.63, 3.8) is 0 Å². The minimum atomic E-state index is 0.107. The molecule has 2 N–H and O–H groups in total. The predicted octanol–water partition coefficient (Wildman–Crippen LogP) is 2.50. The molecule has 1 heterocycles. The van der Waals surface area contributed by atoms with E-state index in [4.69, 9.17) is 9.73 Å². The maximum atomic E-state index is 5.57. The van der Waals surface area contributed by atoms with Gasteiger partial charge in [-0.2, -0.15) is 11.8 Å². The molecule has 2 atom stereocenters. The third-order valence-electron chi connectivity index (χ3n) is 3.51. The smallest absolute Gasteiger partial charge is 0.191 e. The van der Waals surface area contributed by atoms with Crippen LogP contribution in [0.25, 0.3) is 0 Å². The Bertz CT molecular complexity index is 296. The second kappa shape index (κ2) is 8.78. The van der Waals surface area contributed by atoms with E-state index in [1.807, 2.05) is 11.8 Å². The van der Waals surface area contributed by atoms with Gasteiger partial charge in [-0.05, 0) is 30.9 Å². The number of nitrogens with zero attached hydrogens (tertiary/aromatic N) is 1. The monoisotopic (exact) mass is 301 g/mol. The van der Waals surface area contributed by atoms with Gasteiger partial charge < -0.3 is 15.4 Å². The first kappa shape index (κ1) is 17.6. The third kappa shape index (κ3) is 6.35. The van der Waals surface area contributed by atoms with E-state index in [2.05, 4.69) is 38.3 Å². The molecule has 20 heavy (non-hydrogen) atoms. The molecule has 1 aliphatic heterocycles. The maximum absolute atomic E-state index is 5.57. The summed E-state index contributed by atoms with van der Waals surface area (Å²) in [5.74, 6) is 3.39. The van der Waals surface area contributed by atoms with E-state index in [9.17, 15) is 0 Å². The van der Waals surface area contributed by atoms with Gasteiger partial charge in [0.2, 0.25) is 0 Å². The van der Waals surface area contributed by atoms with E-state index >= 15 is 0 Å². The summed E-state index contributed by atoms with van der Waals surface area (Å²) >= 11 is 2.03. The van der Waals surface area contributed by atoms with E-state index in [-0.39, 0.29) is 11.5 Å². The minimum absolute atomic E-state index is 0.107. The second-order valence-electron chi connectivity index (χ2n) is 6.37. The van der Waals surface area contributed by atoms with Gasteiger partial charge in [0.05, 0.1) is 12.6 Å². The van der Waals surface area contributed by atoms with E-state index in [0.717, 1.165) is 12.5 Å². The lowest BCUT2D eigenvalue weighted by atomic mass is 9.89. The van der Waals surface area contributed by atoms with Gasteiger partial charge in [-0.1, -0.05) is 20.8 Å². The van der Waals surface area contributed by atoms with Crippen molar-refractivity contribution in [1.82, 2.24) is 10.6 Å². The van der Waals surface area contributed by atoms with Gasteiger partial charge in [-0.15, -0.1) is 0 Å². The van der Waals surface area contributed by atoms with Crippen LogP contribution in [0.5, 0.6) is 0 Å². The summed E-state index contributed by atoms with van der Waals surface area (Å²) in [4.78, 5) is 4.71. The molecule has 5 heteroatoms. The Morgan fingerprint density at radius 2 is 2.20 bits per heavy atom. The highest BCUT2D eigenvalue weighted by atomic mass is 32.2. The molecule has 0 saturated carbocycles. The average molecular weight is 302 g/mol. The van der Waals surface area contributed by atoms with Crippen LogP contribution >= 0.6 is 11.8 Å². The molecule has 0 spiro atoms. The van der Waals surface area contributed by atoms with Crippen LogP contribution in [0.4, 0.5) is 0 Å². The number of rotatable bonds is 5. The van der Waals surface area contributed by atoms with Crippen LogP contribution in [0.1, 0.15) is 40.5 Å². The zero-order chi connectivity index (χ0) is 15.0. The van der Waals surface area contributed by atoms with Crippen molar-refractivity contribution in [2.24, 2.45) is 10.4 Å². The number of aliphatic imine (C=N–C) groups is 1. The number of thioether (sulfide) groups is 1. The highest BCUT2D eigenvalue weighted by Gasteiger charge is 2.24. The molecule has 118 valence electrons. The lowest BCUT2D eigenvalue weighted by molar-refractivity contribution is 0.0241. The molecule has 1 rings (SSSR count). The van der Waals surface area contributed by atoms with Gasteiger partial charge in [0.25, 0.3) is 0 Å². The van der Waals surface area contributed by atoms with Crippen molar-refractivity contribution < 1.29 is 4.74 Å². The number of guanidine groups is 1. The highest BCUT2D eigenvalue weighted by Crippen LogP contribution is 2.22. The number of ether oxygens (including phenoxy) is 1. The maximum Gasteiger partial charge on any atom is 0.191 e. The molecule has 1 fully saturated rings. The topological polar surface area (TPSA) is 45.7 Å². The van der Waals surface area contributed by atoms with Crippen LogP contribution in [0.2, 0.25) is 0 Å². The molecule has 0 aromatic rings. The number of methoxy groups -OCH3 is 1. The third-order valence-corrected chi connectivity index (χ3v) is 4.73. The van der Waals surface area contributed by atoms with Crippen LogP contribution in [0.3, 0.4) is 0 Å². The van der Waals surface area contributed by atoms with E-state index < -0.39 is 0 Å². The Morgan fingerprint density at radius 3 is 2.70 bits per heavy atom. The van der Waals surface area contributed by atoms with Gasteiger partial charge in [0.1, 0.15) is 0 Å². The van der Waals surface area contributed by atoms with Crippen molar-refractivity contribution in [1.29, 1.82) is 0 Å². The van der Waals surface area contributed by atoms with E-state index in [1.54, 1.807) is 7.11 Å². The molecule has 0 aromatic carbocycles. The van der Waals surface area contributed by atoms with Crippen LogP contribution < -0.4 is 10.6 Å². The fourth-order valence-electron chi connectivity index (χ4n) is 2.24. The van der Waals surface area contributed by atoms with Gasteiger partial charge in [-0.25, -0.2) is 0 Å². The van der Waals surface area contributed by atoms with Crippen molar-refractivity contribution >= 4 is 17.7 Å². The average Bonchev–Trinajstić information content (AvgIpc) is 2.39. The predicted molar refractivity (Wildman–Crippen MR) is 89.7 cm³/mol. The Balaban J connectivity index is 2.56. The van der Waals surface area contributed by atoms with Crippen LogP contribution in [0, 0.1) is 5.41 Å². The first-order chi connectivity index (χ1) is 9.47. The van der Waals surface area contributed by atoms with Crippen LogP contribution in [0.15, 0.2) is 4.99 Å². The quantitative estimate of drug-likeness (QED) is 0.605. The first-order valence-corrected chi connectivity index (χ1v) is 8.78. The summed E-state index contributed by atoms with van der Waals surface area (Å²) in [6, 6.07) is 0.544. The number of hydrogen-bond acceptors (Lipinski definition) is 3. The van der Waals surface area contributed by atoms with Gasteiger partial charge in [0.15, 0.2) is 5.96 Å². The Hall–Kier alpha value is -0.420. The Morgan fingerprint density at radius 1 is 1.45 bits per heavy atom. The highest BCUT2D eigenvalue weighted by molar-refractivity contribution is 7.99.